The Hall–Kier alpha value is -3.65. The number of fused-ring (bicyclic) bond motifs is 1. The Morgan fingerprint density at radius 1 is 1.19 bits per heavy atom. The van der Waals surface area contributed by atoms with Crippen LogP contribution in [0.5, 0.6) is 5.75 Å². The summed E-state index contributed by atoms with van der Waals surface area (Å²) in [7, 11) is 1.47. The van der Waals surface area contributed by atoms with E-state index in [2.05, 4.69) is 10.4 Å². The lowest BCUT2D eigenvalue weighted by Gasteiger charge is -2.22. The van der Waals surface area contributed by atoms with E-state index in [1.54, 1.807) is 23.1 Å². The van der Waals surface area contributed by atoms with Crippen molar-refractivity contribution in [2.24, 2.45) is 0 Å². The number of hydrogen-bond donors (Lipinski definition) is 1. The maximum absolute atomic E-state index is 13.2. The molecule has 1 aliphatic rings. The minimum atomic E-state index is -0.510. The summed E-state index contributed by atoms with van der Waals surface area (Å²) in [6.07, 6.45) is 0.741. The van der Waals surface area contributed by atoms with Gasteiger partial charge in [0.2, 0.25) is 5.91 Å². The highest BCUT2D eigenvalue weighted by Gasteiger charge is 2.32. The van der Waals surface area contributed by atoms with E-state index in [1.807, 2.05) is 31.2 Å². The van der Waals surface area contributed by atoms with E-state index in [-0.39, 0.29) is 24.2 Å². The van der Waals surface area contributed by atoms with Crippen LogP contribution in [0.1, 0.15) is 23.0 Å². The summed E-state index contributed by atoms with van der Waals surface area (Å²) in [4.78, 5) is 39.7. The van der Waals surface area contributed by atoms with Crippen LogP contribution in [0.4, 0.5) is 11.4 Å². The Morgan fingerprint density at radius 3 is 2.75 bits per heavy atom. The van der Waals surface area contributed by atoms with Gasteiger partial charge >= 0.3 is 0 Å². The van der Waals surface area contributed by atoms with Gasteiger partial charge in [-0.25, -0.2) is 4.68 Å². The molecule has 2 amide bonds. The number of halogens is 1. The van der Waals surface area contributed by atoms with Crippen molar-refractivity contribution in [1.29, 1.82) is 0 Å². The molecule has 2 aromatic carbocycles. The molecule has 0 spiro atoms. The smallest absolute Gasteiger partial charge is 0.278 e. The monoisotopic (exact) mass is 452 g/mol. The van der Waals surface area contributed by atoms with Crippen molar-refractivity contribution in [2.45, 2.75) is 25.9 Å². The van der Waals surface area contributed by atoms with E-state index < -0.39 is 11.5 Å². The molecule has 1 N–H and O–H groups in total. The van der Waals surface area contributed by atoms with Gasteiger partial charge in [0.1, 0.15) is 18.0 Å². The first-order valence-electron chi connectivity index (χ1n) is 10.0. The van der Waals surface area contributed by atoms with E-state index >= 15 is 0 Å². The molecule has 4 rings (SSSR count). The van der Waals surface area contributed by atoms with Crippen molar-refractivity contribution in [3.63, 3.8) is 0 Å². The fourth-order valence-corrected chi connectivity index (χ4v) is 3.95. The van der Waals surface area contributed by atoms with Crippen molar-refractivity contribution in [3.8, 4) is 5.75 Å². The second-order valence-corrected chi connectivity index (χ2v) is 7.90. The molecule has 3 aromatic rings. The molecule has 1 aliphatic heterocycles. The van der Waals surface area contributed by atoms with Gasteiger partial charge < -0.3 is 15.0 Å². The van der Waals surface area contributed by atoms with Crippen LogP contribution in [0, 0.1) is 0 Å². The zero-order chi connectivity index (χ0) is 22.8. The number of benzene rings is 2. The van der Waals surface area contributed by atoms with Crippen molar-refractivity contribution in [2.75, 3.05) is 17.3 Å². The van der Waals surface area contributed by atoms with Gasteiger partial charge in [-0.1, -0.05) is 29.8 Å². The molecule has 0 saturated carbocycles. The maximum Gasteiger partial charge on any atom is 0.278 e. The largest absolute Gasteiger partial charge is 0.495 e. The van der Waals surface area contributed by atoms with Gasteiger partial charge in [0.15, 0.2) is 0 Å². The average Bonchev–Trinajstić information content (AvgIpc) is 3.10. The SMILES string of the molecule is COc1ccc(Cl)cc1NC(=O)Cn1nc(C(=O)N2c3ccccc3CC2C)ccc1=O. The molecule has 0 aliphatic carbocycles. The number of hydrogen-bond acceptors (Lipinski definition) is 5. The van der Waals surface area contributed by atoms with Crippen molar-refractivity contribution < 1.29 is 14.3 Å². The van der Waals surface area contributed by atoms with E-state index in [0.717, 1.165) is 22.4 Å². The lowest BCUT2D eigenvalue weighted by atomic mass is 10.1. The molecule has 8 nitrogen and oxygen atoms in total. The summed E-state index contributed by atoms with van der Waals surface area (Å²) in [6.45, 7) is 1.58. The maximum atomic E-state index is 13.2. The topological polar surface area (TPSA) is 93.5 Å². The fraction of sp³-hybridized carbons (Fsp3) is 0.217. The lowest BCUT2D eigenvalue weighted by Crippen LogP contribution is -2.38. The molecule has 2 heterocycles. The minimum Gasteiger partial charge on any atom is -0.495 e. The summed E-state index contributed by atoms with van der Waals surface area (Å²) in [5.41, 5.74) is 1.87. The average molecular weight is 453 g/mol. The summed E-state index contributed by atoms with van der Waals surface area (Å²) in [5, 5.41) is 7.24. The Kier molecular flexibility index (Phi) is 5.96. The second-order valence-electron chi connectivity index (χ2n) is 7.46. The Labute approximate surface area is 189 Å². The van der Waals surface area contributed by atoms with Gasteiger partial charge in [0.05, 0.1) is 12.8 Å². The number of anilines is 2. The number of amides is 2. The number of methoxy groups -OCH3 is 1. The van der Waals surface area contributed by atoms with Crippen LogP contribution in [-0.2, 0) is 17.8 Å². The predicted molar refractivity (Wildman–Crippen MR) is 122 cm³/mol. The molecule has 9 heteroatoms. The molecule has 1 unspecified atom stereocenters. The highest BCUT2D eigenvalue weighted by Crippen LogP contribution is 2.32. The molecule has 0 saturated heterocycles. The highest BCUT2D eigenvalue weighted by atomic mass is 35.5. The third-order valence-electron chi connectivity index (χ3n) is 5.24. The Bertz CT molecular complexity index is 1260. The fourth-order valence-electron chi connectivity index (χ4n) is 3.78. The molecule has 1 atom stereocenters. The first kappa shape index (κ1) is 21.6. The van der Waals surface area contributed by atoms with Gasteiger partial charge in [0.25, 0.3) is 11.5 Å². The molecular formula is C23H21ClN4O4. The number of ether oxygens (including phenoxy) is 1. The molecule has 32 heavy (non-hydrogen) atoms. The summed E-state index contributed by atoms with van der Waals surface area (Å²) < 4.78 is 6.18. The third-order valence-corrected chi connectivity index (χ3v) is 5.48. The number of nitrogens with zero attached hydrogens (tertiary/aromatic N) is 3. The van der Waals surface area contributed by atoms with Crippen LogP contribution in [0.2, 0.25) is 5.02 Å². The number of rotatable bonds is 5. The molecule has 0 bridgehead atoms. The van der Waals surface area contributed by atoms with E-state index in [9.17, 15) is 14.4 Å². The zero-order valence-electron chi connectivity index (χ0n) is 17.5. The lowest BCUT2D eigenvalue weighted by molar-refractivity contribution is -0.117. The Balaban J connectivity index is 1.56. The number of para-hydroxylation sites is 1. The standard InChI is InChI=1S/C23H21ClN4O4/c1-14-11-15-5-3-4-6-19(15)28(14)23(31)17-8-10-22(30)27(26-17)13-21(29)25-18-12-16(24)7-9-20(18)32-2/h3-10,12,14H,11,13H2,1-2H3,(H,25,29). The summed E-state index contributed by atoms with van der Waals surface area (Å²) >= 11 is 5.99. The molecule has 164 valence electrons. The first-order chi connectivity index (χ1) is 15.4. The second kappa shape index (κ2) is 8.84. The quantitative estimate of drug-likeness (QED) is 0.642. The normalized spacial score (nSPS) is 14.7. The van der Waals surface area contributed by atoms with Crippen LogP contribution in [-0.4, -0.2) is 34.7 Å². The van der Waals surface area contributed by atoms with Gasteiger partial charge in [-0.05, 0) is 49.2 Å². The van der Waals surface area contributed by atoms with Gasteiger partial charge in [-0.15, -0.1) is 0 Å². The Morgan fingerprint density at radius 2 is 1.97 bits per heavy atom. The predicted octanol–water partition coefficient (Wildman–Crippen LogP) is 3.14. The third kappa shape index (κ3) is 4.22. The van der Waals surface area contributed by atoms with Crippen LogP contribution < -0.4 is 20.5 Å². The van der Waals surface area contributed by atoms with Crippen molar-refractivity contribution in [1.82, 2.24) is 9.78 Å². The van der Waals surface area contributed by atoms with Crippen molar-refractivity contribution >= 4 is 34.8 Å². The van der Waals surface area contributed by atoms with Gasteiger partial charge in [-0.3, -0.25) is 14.4 Å². The van der Waals surface area contributed by atoms with Crippen LogP contribution in [0.3, 0.4) is 0 Å². The zero-order valence-corrected chi connectivity index (χ0v) is 18.3. The molecule has 1 aromatic heterocycles. The number of aromatic nitrogens is 2. The van der Waals surface area contributed by atoms with Crippen molar-refractivity contribution in [3.05, 3.63) is 81.2 Å². The number of carbonyl (C=O) groups excluding carboxylic acids is 2. The number of nitrogens with one attached hydrogen (secondary N) is 1. The van der Waals surface area contributed by atoms with Crippen LogP contribution in [0.15, 0.2) is 59.4 Å². The molecular weight excluding hydrogens is 432 g/mol. The van der Waals surface area contributed by atoms with E-state index in [0.29, 0.717) is 16.5 Å². The molecule has 0 fully saturated rings. The van der Waals surface area contributed by atoms with Crippen LogP contribution >= 0.6 is 11.6 Å². The van der Waals surface area contributed by atoms with Gasteiger partial charge in [0, 0.05) is 22.8 Å². The highest BCUT2D eigenvalue weighted by molar-refractivity contribution is 6.31. The van der Waals surface area contributed by atoms with E-state index in [1.165, 1.54) is 19.2 Å². The minimum absolute atomic E-state index is 0.0410. The molecule has 0 radical (unpaired) electrons. The summed E-state index contributed by atoms with van der Waals surface area (Å²) in [6, 6.07) is 15.1. The number of carbonyl (C=O) groups is 2. The first-order valence-corrected chi connectivity index (χ1v) is 10.4. The van der Waals surface area contributed by atoms with E-state index in [4.69, 9.17) is 16.3 Å². The summed E-state index contributed by atoms with van der Waals surface area (Å²) in [5.74, 6) is -0.411. The van der Waals surface area contributed by atoms with Gasteiger partial charge in [-0.2, -0.15) is 5.10 Å². The van der Waals surface area contributed by atoms with Crippen LogP contribution in [0.25, 0.3) is 0 Å².